The van der Waals surface area contributed by atoms with E-state index in [-0.39, 0.29) is 11.8 Å². The van der Waals surface area contributed by atoms with Crippen LogP contribution in [0.1, 0.15) is 40.3 Å². The molecule has 4 aromatic rings. The minimum atomic E-state index is -0.0630. The summed E-state index contributed by atoms with van der Waals surface area (Å²) in [6.45, 7) is 6.06. The minimum absolute atomic E-state index is 0.0513. The summed E-state index contributed by atoms with van der Waals surface area (Å²) in [4.78, 5) is 17.3. The fourth-order valence-electron chi connectivity index (χ4n) is 4.18. The zero-order valence-electron chi connectivity index (χ0n) is 17.6. The molecule has 0 bridgehead atoms. The predicted octanol–water partition coefficient (Wildman–Crippen LogP) is 4.12. The highest BCUT2D eigenvalue weighted by atomic mass is 16.1. The Morgan fingerprint density at radius 2 is 1.81 bits per heavy atom. The van der Waals surface area contributed by atoms with Crippen molar-refractivity contribution in [3.05, 3.63) is 82.7 Å². The first kappa shape index (κ1) is 19.1. The average molecular weight is 410 g/mol. The third-order valence-electron chi connectivity index (χ3n) is 5.75. The van der Waals surface area contributed by atoms with E-state index in [0.717, 1.165) is 27.9 Å². The standard InChI is InChI=1S/C24H22N6O/c1-14-8-10-17(11-9-14)20-13-25-28-24(26-20)30-23-22(16(3)29-30)19(12-21(31)27-23)18-7-5-4-6-15(18)2/h4-11,13,19H,12H2,1-3H3,(H,27,31)/t19-/m1/s1. The molecule has 1 aliphatic heterocycles. The van der Waals surface area contributed by atoms with E-state index in [2.05, 4.69) is 44.7 Å². The maximum Gasteiger partial charge on any atom is 0.272 e. The van der Waals surface area contributed by atoms with Crippen molar-refractivity contribution < 1.29 is 4.79 Å². The van der Waals surface area contributed by atoms with E-state index in [4.69, 9.17) is 0 Å². The molecular weight excluding hydrogens is 388 g/mol. The Kier molecular flexibility index (Phi) is 4.58. The molecule has 1 N–H and O–H groups in total. The average Bonchev–Trinajstić information content (AvgIpc) is 3.10. The fraction of sp³-hybridized carbons (Fsp3) is 0.208. The van der Waals surface area contributed by atoms with Gasteiger partial charge in [0.1, 0.15) is 5.82 Å². The Bertz CT molecular complexity index is 1290. The van der Waals surface area contributed by atoms with Crippen molar-refractivity contribution in [2.45, 2.75) is 33.1 Å². The van der Waals surface area contributed by atoms with Crippen molar-refractivity contribution in [1.29, 1.82) is 0 Å². The van der Waals surface area contributed by atoms with Gasteiger partial charge in [-0.25, -0.2) is 4.98 Å². The van der Waals surface area contributed by atoms with Gasteiger partial charge in [-0.15, -0.1) is 5.10 Å². The van der Waals surface area contributed by atoms with Crippen molar-refractivity contribution in [2.75, 3.05) is 5.32 Å². The van der Waals surface area contributed by atoms with Gasteiger partial charge in [0.05, 0.1) is 17.6 Å². The van der Waals surface area contributed by atoms with Crippen LogP contribution in [0.5, 0.6) is 0 Å². The first-order valence-electron chi connectivity index (χ1n) is 10.2. The fourth-order valence-corrected chi connectivity index (χ4v) is 4.18. The molecule has 1 atom stereocenters. The van der Waals surface area contributed by atoms with E-state index in [1.54, 1.807) is 10.9 Å². The number of nitrogens with one attached hydrogen (secondary N) is 1. The zero-order valence-corrected chi connectivity index (χ0v) is 17.6. The van der Waals surface area contributed by atoms with Crippen LogP contribution in [-0.2, 0) is 4.79 Å². The van der Waals surface area contributed by atoms with Gasteiger partial charge >= 0.3 is 0 Å². The van der Waals surface area contributed by atoms with Crippen LogP contribution in [0.2, 0.25) is 0 Å². The number of aromatic nitrogens is 5. The zero-order chi connectivity index (χ0) is 21.5. The number of aryl methyl sites for hydroxylation is 3. The summed E-state index contributed by atoms with van der Waals surface area (Å²) in [6.07, 6.45) is 2.01. The lowest BCUT2D eigenvalue weighted by molar-refractivity contribution is -0.116. The molecule has 154 valence electrons. The van der Waals surface area contributed by atoms with E-state index in [9.17, 15) is 4.79 Å². The van der Waals surface area contributed by atoms with Gasteiger partial charge in [0.15, 0.2) is 0 Å². The summed E-state index contributed by atoms with van der Waals surface area (Å²) in [6, 6.07) is 16.2. The smallest absolute Gasteiger partial charge is 0.272 e. The van der Waals surface area contributed by atoms with Crippen molar-refractivity contribution in [1.82, 2.24) is 25.0 Å². The minimum Gasteiger partial charge on any atom is -0.310 e. The molecule has 1 amide bonds. The summed E-state index contributed by atoms with van der Waals surface area (Å²) < 4.78 is 1.59. The van der Waals surface area contributed by atoms with Crippen LogP contribution in [0.4, 0.5) is 5.82 Å². The molecule has 0 aliphatic carbocycles. The molecule has 0 unspecified atom stereocenters. The summed E-state index contributed by atoms with van der Waals surface area (Å²) in [5.41, 5.74) is 6.94. The van der Waals surface area contributed by atoms with Crippen LogP contribution < -0.4 is 5.32 Å². The van der Waals surface area contributed by atoms with Gasteiger partial charge in [0.25, 0.3) is 5.95 Å². The quantitative estimate of drug-likeness (QED) is 0.549. The molecule has 2 aromatic heterocycles. The van der Waals surface area contributed by atoms with E-state index in [0.29, 0.717) is 23.9 Å². The number of hydrogen-bond acceptors (Lipinski definition) is 5. The monoisotopic (exact) mass is 410 g/mol. The topological polar surface area (TPSA) is 85.6 Å². The predicted molar refractivity (Wildman–Crippen MR) is 118 cm³/mol. The third kappa shape index (κ3) is 3.38. The molecule has 7 nitrogen and oxygen atoms in total. The Morgan fingerprint density at radius 1 is 1.03 bits per heavy atom. The number of anilines is 1. The van der Waals surface area contributed by atoms with Gasteiger partial charge in [-0.05, 0) is 31.9 Å². The van der Waals surface area contributed by atoms with Crippen molar-refractivity contribution >= 4 is 11.7 Å². The highest BCUT2D eigenvalue weighted by molar-refractivity contribution is 5.95. The van der Waals surface area contributed by atoms with E-state index in [1.807, 2.05) is 50.2 Å². The van der Waals surface area contributed by atoms with Gasteiger partial charge in [0, 0.05) is 23.5 Å². The van der Waals surface area contributed by atoms with Gasteiger partial charge in [-0.2, -0.15) is 14.9 Å². The molecule has 2 aromatic carbocycles. The molecule has 0 saturated heterocycles. The van der Waals surface area contributed by atoms with Crippen LogP contribution in [-0.4, -0.2) is 30.9 Å². The summed E-state index contributed by atoms with van der Waals surface area (Å²) in [5.74, 6) is 0.828. The Morgan fingerprint density at radius 3 is 2.58 bits per heavy atom. The Labute approximate surface area is 180 Å². The van der Waals surface area contributed by atoms with Crippen LogP contribution >= 0.6 is 0 Å². The highest BCUT2D eigenvalue weighted by Crippen LogP contribution is 2.40. The SMILES string of the molecule is Cc1ccc(-c2cnnc(-n3nc(C)c4c3NC(=O)C[C@@H]4c3ccccc3C)n2)cc1. The third-order valence-corrected chi connectivity index (χ3v) is 5.75. The van der Waals surface area contributed by atoms with Gasteiger partial charge in [-0.3, -0.25) is 4.79 Å². The second-order valence-electron chi connectivity index (χ2n) is 7.93. The second-order valence-corrected chi connectivity index (χ2v) is 7.93. The number of amides is 1. The van der Waals surface area contributed by atoms with Crippen LogP contribution in [0.3, 0.4) is 0 Å². The van der Waals surface area contributed by atoms with E-state index >= 15 is 0 Å². The molecule has 5 rings (SSSR count). The number of rotatable bonds is 3. The number of benzene rings is 2. The van der Waals surface area contributed by atoms with Crippen LogP contribution in [0, 0.1) is 20.8 Å². The molecular formula is C24H22N6O. The van der Waals surface area contributed by atoms with Crippen molar-refractivity contribution in [3.8, 4) is 17.2 Å². The number of carbonyl (C=O) groups excluding carboxylic acids is 1. The number of carbonyl (C=O) groups is 1. The van der Waals surface area contributed by atoms with Crippen LogP contribution in [0.15, 0.2) is 54.7 Å². The number of nitrogens with zero attached hydrogens (tertiary/aromatic N) is 5. The Balaban J connectivity index is 1.63. The summed E-state index contributed by atoms with van der Waals surface area (Å²) >= 11 is 0. The lowest BCUT2D eigenvalue weighted by Gasteiger charge is -2.25. The molecule has 7 heteroatoms. The molecule has 0 radical (unpaired) electrons. The highest BCUT2D eigenvalue weighted by Gasteiger charge is 2.33. The van der Waals surface area contributed by atoms with Gasteiger partial charge < -0.3 is 5.32 Å². The second kappa shape index (κ2) is 7.43. The van der Waals surface area contributed by atoms with E-state index in [1.165, 1.54) is 5.56 Å². The largest absolute Gasteiger partial charge is 0.310 e. The lowest BCUT2D eigenvalue weighted by atomic mass is 9.84. The normalized spacial score (nSPS) is 15.5. The summed E-state index contributed by atoms with van der Waals surface area (Å²) in [5, 5.41) is 16.0. The molecule has 0 saturated carbocycles. The maximum atomic E-state index is 12.6. The van der Waals surface area contributed by atoms with Crippen molar-refractivity contribution in [3.63, 3.8) is 0 Å². The molecule has 0 fully saturated rings. The molecule has 0 spiro atoms. The summed E-state index contributed by atoms with van der Waals surface area (Å²) in [7, 11) is 0. The number of fused-ring (bicyclic) bond motifs is 1. The molecule has 31 heavy (non-hydrogen) atoms. The molecule has 3 heterocycles. The van der Waals surface area contributed by atoms with Crippen molar-refractivity contribution in [2.24, 2.45) is 0 Å². The first-order chi connectivity index (χ1) is 15.0. The molecule has 1 aliphatic rings. The maximum absolute atomic E-state index is 12.6. The van der Waals surface area contributed by atoms with E-state index < -0.39 is 0 Å². The van der Waals surface area contributed by atoms with Gasteiger partial charge in [-0.1, -0.05) is 54.1 Å². The Hall–Kier alpha value is -3.87. The number of hydrogen-bond donors (Lipinski definition) is 1. The first-order valence-corrected chi connectivity index (χ1v) is 10.2. The van der Waals surface area contributed by atoms with Gasteiger partial charge in [0.2, 0.25) is 5.91 Å². The lowest BCUT2D eigenvalue weighted by Crippen LogP contribution is -2.25. The van der Waals surface area contributed by atoms with Crippen LogP contribution in [0.25, 0.3) is 17.2 Å².